The van der Waals surface area contributed by atoms with E-state index in [4.69, 9.17) is 26.8 Å². The highest BCUT2D eigenvalue weighted by molar-refractivity contribution is 8.00. The van der Waals surface area contributed by atoms with Crippen LogP contribution in [-0.2, 0) is 14.4 Å². The van der Waals surface area contributed by atoms with Crippen molar-refractivity contribution in [3.63, 3.8) is 0 Å². The lowest BCUT2D eigenvalue weighted by atomic mass is 10.1. The van der Waals surface area contributed by atoms with Gasteiger partial charge in [-0.3, -0.25) is 0 Å². The first kappa shape index (κ1) is 14.5. The van der Waals surface area contributed by atoms with Gasteiger partial charge in [-0.05, 0) is 24.1 Å². The van der Waals surface area contributed by atoms with Crippen LogP contribution in [0.1, 0.15) is 18.9 Å². The Morgan fingerprint density at radius 2 is 2.26 bits per heavy atom. The molecule has 0 unspecified atom stereocenters. The average Bonchev–Trinajstić information content (AvgIpc) is 2.82. The van der Waals surface area contributed by atoms with Crippen molar-refractivity contribution in [1.82, 2.24) is 0 Å². The number of halogens is 1. The summed E-state index contributed by atoms with van der Waals surface area (Å²) in [7, 11) is 0. The van der Waals surface area contributed by atoms with Crippen LogP contribution in [0.5, 0.6) is 0 Å². The van der Waals surface area contributed by atoms with Gasteiger partial charge in [0.25, 0.3) is 0 Å². The Morgan fingerprint density at radius 1 is 1.58 bits per heavy atom. The molecule has 1 aliphatic rings. The van der Waals surface area contributed by atoms with Crippen molar-refractivity contribution >= 4 is 29.5 Å². The van der Waals surface area contributed by atoms with Gasteiger partial charge in [0.1, 0.15) is 17.6 Å². The molecule has 0 radical (unpaired) electrons. The van der Waals surface area contributed by atoms with Crippen molar-refractivity contribution in [3.8, 4) is 0 Å². The van der Waals surface area contributed by atoms with Crippen molar-refractivity contribution in [1.29, 1.82) is 0 Å². The zero-order chi connectivity index (χ0) is 13.9. The number of ether oxygens (including phenoxy) is 2. The third-order valence-corrected chi connectivity index (χ3v) is 4.90. The van der Waals surface area contributed by atoms with E-state index < -0.39 is 11.0 Å². The highest BCUT2D eigenvalue weighted by Gasteiger charge is 2.41. The van der Waals surface area contributed by atoms with Crippen molar-refractivity contribution < 1.29 is 14.3 Å². The molecule has 1 aliphatic heterocycles. The summed E-state index contributed by atoms with van der Waals surface area (Å²) < 4.78 is 10.9. The number of rotatable bonds is 4. The topological polar surface area (TPSA) is 61.6 Å². The molecule has 2 rings (SSSR count). The van der Waals surface area contributed by atoms with E-state index in [1.807, 2.05) is 24.3 Å². The second-order valence-electron chi connectivity index (χ2n) is 4.29. The van der Waals surface area contributed by atoms with Gasteiger partial charge in [-0.1, -0.05) is 30.7 Å². The SMILES string of the molecule is CC[C@]1(c2ccc(Cl)cc2)O[C@H](COC(N)=O)CS1. The van der Waals surface area contributed by atoms with E-state index in [9.17, 15) is 4.79 Å². The molecular formula is C13H16ClNO3S. The fourth-order valence-corrected chi connectivity index (χ4v) is 3.52. The molecule has 4 nitrogen and oxygen atoms in total. The van der Waals surface area contributed by atoms with E-state index in [2.05, 4.69) is 6.92 Å². The van der Waals surface area contributed by atoms with Crippen LogP contribution >= 0.6 is 23.4 Å². The van der Waals surface area contributed by atoms with E-state index >= 15 is 0 Å². The first-order valence-corrected chi connectivity index (χ1v) is 7.42. The quantitative estimate of drug-likeness (QED) is 0.928. The van der Waals surface area contributed by atoms with Crippen LogP contribution in [0.25, 0.3) is 0 Å². The van der Waals surface area contributed by atoms with Gasteiger partial charge in [-0.2, -0.15) is 0 Å². The summed E-state index contributed by atoms with van der Waals surface area (Å²) in [5.41, 5.74) is 6.04. The maximum absolute atomic E-state index is 10.6. The molecule has 0 saturated carbocycles. The summed E-state index contributed by atoms with van der Waals surface area (Å²) in [4.78, 5) is 10.2. The fourth-order valence-electron chi connectivity index (χ4n) is 2.07. The molecule has 6 heteroatoms. The van der Waals surface area contributed by atoms with Gasteiger partial charge >= 0.3 is 6.09 Å². The molecule has 104 valence electrons. The van der Waals surface area contributed by atoms with Gasteiger partial charge < -0.3 is 15.2 Å². The number of carbonyl (C=O) groups is 1. The minimum atomic E-state index is -0.769. The summed E-state index contributed by atoms with van der Waals surface area (Å²) in [5, 5.41) is 0.701. The average molecular weight is 302 g/mol. The third kappa shape index (κ3) is 3.35. The molecule has 1 heterocycles. The van der Waals surface area contributed by atoms with Crippen LogP contribution in [0.2, 0.25) is 5.02 Å². The Morgan fingerprint density at radius 3 is 2.84 bits per heavy atom. The first-order valence-electron chi connectivity index (χ1n) is 6.06. The van der Waals surface area contributed by atoms with Gasteiger partial charge in [0.05, 0.1) is 0 Å². The molecule has 2 atom stereocenters. The van der Waals surface area contributed by atoms with Gasteiger partial charge in [0, 0.05) is 10.8 Å². The number of hydrogen-bond donors (Lipinski definition) is 1. The smallest absolute Gasteiger partial charge is 0.404 e. The Balaban J connectivity index is 2.08. The highest BCUT2D eigenvalue weighted by Crippen LogP contribution is 2.47. The van der Waals surface area contributed by atoms with Crippen molar-refractivity contribution in [2.75, 3.05) is 12.4 Å². The van der Waals surface area contributed by atoms with E-state index in [1.54, 1.807) is 11.8 Å². The number of hydrogen-bond acceptors (Lipinski definition) is 4. The van der Waals surface area contributed by atoms with E-state index in [0.29, 0.717) is 5.02 Å². The molecule has 1 fully saturated rings. The first-order chi connectivity index (χ1) is 9.05. The molecule has 1 saturated heterocycles. The molecule has 1 amide bonds. The summed E-state index contributed by atoms with van der Waals surface area (Å²) in [6, 6.07) is 7.64. The zero-order valence-electron chi connectivity index (χ0n) is 10.6. The monoisotopic (exact) mass is 301 g/mol. The predicted octanol–water partition coefficient (Wildman–Crippen LogP) is 3.13. The minimum Gasteiger partial charge on any atom is -0.447 e. The van der Waals surface area contributed by atoms with Crippen LogP contribution in [0.15, 0.2) is 24.3 Å². The molecule has 0 spiro atoms. The number of primary amides is 1. The largest absolute Gasteiger partial charge is 0.447 e. The number of benzene rings is 1. The summed E-state index contributed by atoms with van der Waals surface area (Å²) in [6.45, 7) is 2.26. The molecule has 1 aromatic rings. The summed E-state index contributed by atoms with van der Waals surface area (Å²) in [5.74, 6) is 0.768. The lowest BCUT2D eigenvalue weighted by molar-refractivity contribution is -0.0386. The van der Waals surface area contributed by atoms with Crippen LogP contribution in [-0.4, -0.2) is 24.6 Å². The lowest BCUT2D eigenvalue weighted by Gasteiger charge is -2.27. The van der Waals surface area contributed by atoms with Crippen molar-refractivity contribution in [3.05, 3.63) is 34.9 Å². The number of thioether (sulfide) groups is 1. The number of carbonyl (C=O) groups excluding carboxylic acids is 1. The highest BCUT2D eigenvalue weighted by atomic mass is 35.5. The third-order valence-electron chi connectivity index (χ3n) is 3.02. The second-order valence-corrected chi connectivity index (χ2v) is 6.01. The molecule has 1 aromatic carbocycles. The van der Waals surface area contributed by atoms with E-state index in [-0.39, 0.29) is 12.7 Å². The van der Waals surface area contributed by atoms with Crippen LogP contribution < -0.4 is 5.73 Å². The lowest BCUT2D eigenvalue weighted by Crippen LogP contribution is -2.28. The normalized spacial score (nSPS) is 26.3. The fraction of sp³-hybridized carbons (Fsp3) is 0.462. The van der Waals surface area contributed by atoms with Crippen LogP contribution in [0, 0.1) is 0 Å². The van der Waals surface area contributed by atoms with Crippen LogP contribution in [0.3, 0.4) is 0 Å². The van der Waals surface area contributed by atoms with Crippen molar-refractivity contribution in [2.45, 2.75) is 24.4 Å². The van der Waals surface area contributed by atoms with E-state index in [0.717, 1.165) is 17.7 Å². The molecule has 19 heavy (non-hydrogen) atoms. The van der Waals surface area contributed by atoms with Gasteiger partial charge in [-0.15, -0.1) is 11.8 Å². The van der Waals surface area contributed by atoms with Crippen molar-refractivity contribution in [2.24, 2.45) is 5.73 Å². The molecule has 0 aliphatic carbocycles. The van der Waals surface area contributed by atoms with Gasteiger partial charge in [0.15, 0.2) is 0 Å². The second kappa shape index (κ2) is 6.03. The Hall–Kier alpha value is -0.910. The number of amides is 1. The standard InChI is InChI=1S/C13H16ClNO3S/c1-2-13(9-3-5-10(14)6-4-9)18-11(8-19-13)7-17-12(15)16/h3-6,11H,2,7-8H2,1H3,(H2,15,16)/t11-,13+/m1/s1. The summed E-state index contributed by atoms with van der Waals surface area (Å²) >= 11 is 7.61. The zero-order valence-corrected chi connectivity index (χ0v) is 12.2. The Kier molecular flexibility index (Phi) is 4.60. The summed E-state index contributed by atoms with van der Waals surface area (Å²) in [6.07, 6.45) is -0.0750. The van der Waals surface area contributed by atoms with Gasteiger partial charge in [0.2, 0.25) is 0 Å². The maximum atomic E-state index is 10.6. The van der Waals surface area contributed by atoms with E-state index in [1.165, 1.54) is 0 Å². The van der Waals surface area contributed by atoms with Gasteiger partial charge in [-0.25, -0.2) is 4.79 Å². The Bertz CT molecular complexity index is 454. The predicted molar refractivity (Wildman–Crippen MR) is 76.3 cm³/mol. The number of nitrogens with two attached hydrogens (primary N) is 1. The Labute approximate surface area is 121 Å². The molecular weight excluding hydrogens is 286 g/mol. The molecule has 2 N–H and O–H groups in total. The maximum Gasteiger partial charge on any atom is 0.404 e. The molecule has 0 aromatic heterocycles. The minimum absolute atomic E-state index is 0.131. The van der Waals surface area contributed by atoms with Crippen LogP contribution in [0.4, 0.5) is 4.79 Å². The molecule has 0 bridgehead atoms.